The fraction of sp³-hybridized carbons (Fsp3) is 0.600. The van der Waals surface area contributed by atoms with E-state index in [9.17, 15) is 4.79 Å². The highest BCUT2D eigenvalue weighted by atomic mass is 16.2. The summed E-state index contributed by atoms with van der Waals surface area (Å²) in [4.78, 5) is 20.6. The minimum atomic E-state index is 0.174. The summed E-state index contributed by atoms with van der Waals surface area (Å²) in [5.74, 6) is 0.477. The normalized spacial score (nSPS) is 15.8. The summed E-state index contributed by atoms with van der Waals surface area (Å²) >= 11 is 0. The monoisotopic (exact) mass is 276 g/mol. The predicted molar refractivity (Wildman–Crippen MR) is 81.5 cm³/mol. The van der Waals surface area contributed by atoms with E-state index in [0.29, 0.717) is 11.6 Å². The molecule has 0 bridgehead atoms. The van der Waals surface area contributed by atoms with E-state index in [0.717, 1.165) is 44.7 Å². The van der Waals surface area contributed by atoms with Crippen molar-refractivity contribution in [2.45, 2.75) is 26.7 Å². The predicted octanol–water partition coefficient (Wildman–Crippen LogP) is 1.75. The van der Waals surface area contributed by atoms with E-state index in [1.807, 2.05) is 11.0 Å². The maximum absolute atomic E-state index is 12.3. The van der Waals surface area contributed by atoms with Crippen LogP contribution in [-0.4, -0.2) is 42.0 Å². The SMILES string of the molecule is CCC(CC)C(=O)N1CCN(c2ccncc2N)CC1. The summed E-state index contributed by atoms with van der Waals surface area (Å²) in [6.07, 6.45) is 5.28. The summed E-state index contributed by atoms with van der Waals surface area (Å²) < 4.78 is 0. The van der Waals surface area contributed by atoms with E-state index in [4.69, 9.17) is 5.73 Å². The van der Waals surface area contributed by atoms with Gasteiger partial charge in [-0.2, -0.15) is 0 Å². The number of nitrogens with two attached hydrogens (primary N) is 1. The zero-order valence-corrected chi connectivity index (χ0v) is 12.4. The molecular formula is C15H24N4O. The van der Waals surface area contributed by atoms with E-state index in [-0.39, 0.29) is 5.92 Å². The number of hydrogen-bond acceptors (Lipinski definition) is 4. The maximum atomic E-state index is 12.3. The van der Waals surface area contributed by atoms with Gasteiger partial charge in [-0.05, 0) is 18.9 Å². The number of nitrogens with zero attached hydrogens (tertiary/aromatic N) is 3. The Morgan fingerprint density at radius 1 is 1.30 bits per heavy atom. The number of pyridine rings is 1. The third kappa shape index (κ3) is 3.03. The molecule has 0 unspecified atom stereocenters. The van der Waals surface area contributed by atoms with Crippen LogP contribution in [0.3, 0.4) is 0 Å². The molecule has 1 aliphatic heterocycles. The molecule has 0 atom stereocenters. The number of piperazine rings is 1. The summed E-state index contributed by atoms with van der Waals surface area (Å²) in [7, 11) is 0. The van der Waals surface area contributed by atoms with E-state index in [1.54, 1.807) is 12.4 Å². The molecule has 0 saturated carbocycles. The Morgan fingerprint density at radius 2 is 1.95 bits per heavy atom. The van der Waals surface area contributed by atoms with Gasteiger partial charge in [-0.1, -0.05) is 13.8 Å². The van der Waals surface area contributed by atoms with Crippen LogP contribution in [0.2, 0.25) is 0 Å². The van der Waals surface area contributed by atoms with Crippen LogP contribution in [0.5, 0.6) is 0 Å². The highest BCUT2D eigenvalue weighted by Crippen LogP contribution is 2.23. The van der Waals surface area contributed by atoms with Crippen molar-refractivity contribution in [2.75, 3.05) is 36.8 Å². The van der Waals surface area contributed by atoms with E-state index in [1.165, 1.54) is 0 Å². The molecule has 1 saturated heterocycles. The highest BCUT2D eigenvalue weighted by molar-refractivity contribution is 5.79. The molecule has 1 aromatic heterocycles. The molecule has 1 aromatic rings. The lowest BCUT2D eigenvalue weighted by Crippen LogP contribution is -2.50. The Kier molecular flexibility index (Phi) is 4.82. The molecule has 0 aromatic carbocycles. The summed E-state index contributed by atoms with van der Waals surface area (Å²) in [5, 5.41) is 0. The molecule has 1 aliphatic rings. The van der Waals surface area contributed by atoms with Gasteiger partial charge >= 0.3 is 0 Å². The van der Waals surface area contributed by atoms with Crippen LogP contribution in [0, 0.1) is 5.92 Å². The van der Waals surface area contributed by atoms with Crippen LogP contribution in [0.1, 0.15) is 26.7 Å². The zero-order chi connectivity index (χ0) is 14.5. The molecule has 2 N–H and O–H groups in total. The second kappa shape index (κ2) is 6.59. The van der Waals surface area contributed by atoms with Crippen LogP contribution in [0.25, 0.3) is 0 Å². The number of amides is 1. The van der Waals surface area contributed by atoms with E-state index in [2.05, 4.69) is 23.7 Å². The van der Waals surface area contributed by atoms with Crippen molar-refractivity contribution in [1.82, 2.24) is 9.88 Å². The molecule has 20 heavy (non-hydrogen) atoms. The van der Waals surface area contributed by atoms with Crippen molar-refractivity contribution >= 4 is 17.3 Å². The number of anilines is 2. The molecule has 2 heterocycles. The van der Waals surface area contributed by atoms with Gasteiger partial charge in [0.2, 0.25) is 5.91 Å². The summed E-state index contributed by atoms with van der Waals surface area (Å²) in [5.41, 5.74) is 7.68. The first kappa shape index (κ1) is 14.6. The van der Waals surface area contributed by atoms with E-state index < -0.39 is 0 Å². The average Bonchev–Trinajstić information content (AvgIpc) is 2.49. The molecule has 0 aliphatic carbocycles. The van der Waals surface area contributed by atoms with Crippen LogP contribution >= 0.6 is 0 Å². The molecule has 0 radical (unpaired) electrons. The average molecular weight is 276 g/mol. The van der Waals surface area contributed by atoms with Gasteiger partial charge in [0.25, 0.3) is 0 Å². The Hall–Kier alpha value is -1.78. The van der Waals surface area contributed by atoms with Crippen molar-refractivity contribution in [3.63, 3.8) is 0 Å². The summed E-state index contributed by atoms with van der Waals surface area (Å²) in [6, 6.07) is 1.94. The Morgan fingerprint density at radius 3 is 2.50 bits per heavy atom. The number of aromatic nitrogens is 1. The van der Waals surface area contributed by atoms with Crippen LogP contribution in [-0.2, 0) is 4.79 Å². The lowest BCUT2D eigenvalue weighted by Gasteiger charge is -2.37. The number of rotatable bonds is 4. The van der Waals surface area contributed by atoms with Gasteiger partial charge in [0.1, 0.15) is 0 Å². The van der Waals surface area contributed by atoms with Crippen molar-refractivity contribution < 1.29 is 4.79 Å². The van der Waals surface area contributed by atoms with Gasteiger partial charge in [0.15, 0.2) is 0 Å². The van der Waals surface area contributed by atoms with Crippen molar-refractivity contribution in [3.8, 4) is 0 Å². The molecule has 5 nitrogen and oxygen atoms in total. The zero-order valence-electron chi connectivity index (χ0n) is 12.4. The topological polar surface area (TPSA) is 62.5 Å². The van der Waals surface area contributed by atoms with Gasteiger partial charge in [0, 0.05) is 38.3 Å². The molecule has 5 heteroatoms. The minimum absolute atomic E-state index is 0.174. The summed E-state index contributed by atoms with van der Waals surface area (Å²) in [6.45, 7) is 7.38. The number of nitrogen functional groups attached to an aromatic ring is 1. The van der Waals surface area contributed by atoms with Crippen molar-refractivity contribution in [1.29, 1.82) is 0 Å². The first-order valence-corrected chi connectivity index (χ1v) is 7.40. The lowest BCUT2D eigenvalue weighted by molar-refractivity contribution is -0.136. The molecule has 1 amide bonds. The number of carbonyl (C=O) groups is 1. The smallest absolute Gasteiger partial charge is 0.225 e. The fourth-order valence-corrected chi connectivity index (χ4v) is 2.75. The highest BCUT2D eigenvalue weighted by Gasteiger charge is 2.25. The van der Waals surface area contributed by atoms with Crippen LogP contribution in [0.4, 0.5) is 11.4 Å². The molecule has 2 rings (SSSR count). The third-order valence-electron chi connectivity index (χ3n) is 4.09. The quantitative estimate of drug-likeness (QED) is 0.910. The third-order valence-corrected chi connectivity index (χ3v) is 4.09. The number of hydrogen-bond donors (Lipinski definition) is 1. The van der Waals surface area contributed by atoms with Gasteiger partial charge < -0.3 is 15.5 Å². The molecule has 110 valence electrons. The Balaban J connectivity index is 1.96. The Labute approximate surface area is 120 Å². The first-order valence-electron chi connectivity index (χ1n) is 7.40. The van der Waals surface area contributed by atoms with Crippen LogP contribution < -0.4 is 10.6 Å². The maximum Gasteiger partial charge on any atom is 0.225 e. The second-order valence-corrected chi connectivity index (χ2v) is 5.26. The minimum Gasteiger partial charge on any atom is -0.396 e. The Bertz CT molecular complexity index is 451. The van der Waals surface area contributed by atoms with Gasteiger partial charge in [-0.15, -0.1) is 0 Å². The number of carbonyl (C=O) groups excluding carboxylic acids is 1. The lowest BCUT2D eigenvalue weighted by atomic mass is 10.0. The fourth-order valence-electron chi connectivity index (χ4n) is 2.75. The van der Waals surface area contributed by atoms with Gasteiger partial charge in [-0.25, -0.2) is 0 Å². The largest absolute Gasteiger partial charge is 0.396 e. The first-order chi connectivity index (χ1) is 9.67. The molecular weight excluding hydrogens is 252 g/mol. The van der Waals surface area contributed by atoms with Crippen molar-refractivity contribution in [3.05, 3.63) is 18.5 Å². The standard InChI is InChI=1S/C15H24N4O/c1-3-12(4-2)15(20)19-9-7-18(8-10-19)14-5-6-17-11-13(14)16/h5-6,11-12H,3-4,7-10,16H2,1-2H3. The second-order valence-electron chi connectivity index (χ2n) is 5.26. The van der Waals surface area contributed by atoms with E-state index >= 15 is 0 Å². The van der Waals surface area contributed by atoms with Crippen molar-refractivity contribution in [2.24, 2.45) is 5.92 Å². The van der Waals surface area contributed by atoms with Gasteiger partial charge in [-0.3, -0.25) is 9.78 Å². The van der Waals surface area contributed by atoms with Gasteiger partial charge in [0.05, 0.1) is 17.6 Å². The van der Waals surface area contributed by atoms with Crippen LogP contribution in [0.15, 0.2) is 18.5 Å². The molecule has 1 fully saturated rings. The molecule has 0 spiro atoms.